The van der Waals surface area contributed by atoms with Crippen molar-refractivity contribution >= 4 is 95.3 Å². The van der Waals surface area contributed by atoms with Crippen molar-refractivity contribution in [2.24, 2.45) is 0 Å². The van der Waals surface area contributed by atoms with Crippen molar-refractivity contribution < 1.29 is 0 Å². The highest BCUT2D eigenvalue weighted by Crippen LogP contribution is 2.53. The Labute approximate surface area is 392 Å². The quantitative estimate of drug-likeness (QED) is 0.160. The molecule has 9 aromatic rings. The van der Waals surface area contributed by atoms with Crippen molar-refractivity contribution in [3.05, 3.63) is 155 Å². The van der Waals surface area contributed by atoms with E-state index in [0.29, 0.717) is 0 Å². The van der Waals surface area contributed by atoms with Crippen LogP contribution in [-0.4, -0.2) is 11.1 Å². The molecule has 330 valence electrons. The van der Waals surface area contributed by atoms with Gasteiger partial charge in [0.15, 0.2) is 0 Å². The molecule has 0 saturated carbocycles. The van der Waals surface area contributed by atoms with Crippen LogP contribution in [0.15, 0.2) is 127 Å². The van der Waals surface area contributed by atoms with E-state index in [9.17, 15) is 0 Å². The summed E-state index contributed by atoms with van der Waals surface area (Å²) < 4.78 is 2.56. The lowest BCUT2D eigenvalue weighted by atomic mass is 9.33. The normalized spacial score (nSPS) is 16.6. The summed E-state index contributed by atoms with van der Waals surface area (Å²) >= 11 is 0. The minimum atomic E-state index is -0.118. The molecule has 4 heterocycles. The van der Waals surface area contributed by atoms with Gasteiger partial charge in [-0.2, -0.15) is 0 Å². The molecule has 2 aliphatic heterocycles. The number of benzene rings is 7. The van der Waals surface area contributed by atoms with Crippen LogP contribution in [0.2, 0.25) is 0 Å². The van der Waals surface area contributed by atoms with Crippen LogP contribution in [0.4, 0.5) is 34.1 Å². The molecule has 66 heavy (non-hydrogen) atoms. The molecule has 0 radical (unpaired) electrons. The molecule has 1 aliphatic carbocycles. The Bertz CT molecular complexity index is 3490. The van der Waals surface area contributed by atoms with E-state index in [1.54, 1.807) is 0 Å². The van der Waals surface area contributed by atoms with Crippen LogP contribution in [0.25, 0.3) is 38.1 Å². The van der Waals surface area contributed by atoms with E-state index in [0.717, 1.165) is 0 Å². The second kappa shape index (κ2) is 13.3. The molecule has 0 atom stereocenters. The Morgan fingerprint density at radius 1 is 0.455 bits per heavy atom. The predicted octanol–water partition coefficient (Wildman–Crippen LogP) is 15.2. The maximum atomic E-state index is 2.73. The molecule has 0 N–H and O–H groups in total. The molecule has 3 nitrogen and oxygen atoms in total. The first-order chi connectivity index (χ1) is 31.1. The van der Waals surface area contributed by atoms with Crippen molar-refractivity contribution in [1.82, 2.24) is 4.40 Å². The van der Waals surface area contributed by atoms with Gasteiger partial charge in [0, 0.05) is 50.0 Å². The summed E-state index contributed by atoms with van der Waals surface area (Å²) in [6.07, 6.45) is 2.35. The zero-order chi connectivity index (χ0) is 46.2. The molecule has 7 aromatic carbocycles. The molecule has 4 heteroatoms. The van der Waals surface area contributed by atoms with Gasteiger partial charge in [-0.1, -0.05) is 163 Å². The Morgan fingerprint density at radius 2 is 1.02 bits per heavy atom. The average Bonchev–Trinajstić information content (AvgIpc) is 3.79. The van der Waals surface area contributed by atoms with E-state index in [4.69, 9.17) is 0 Å². The van der Waals surface area contributed by atoms with Crippen LogP contribution in [-0.2, 0) is 27.1 Å². The van der Waals surface area contributed by atoms with E-state index in [-0.39, 0.29) is 33.8 Å². The minimum Gasteiger partial charge on any atom is -0.311 e. The predicted molar refractivity (Wildman–Crippen MR) is 287 cm³/mol. The van der Waals surface area contributed by atoms with Crippen LogP contribution in [0.5, 0.6) is 0 Å². The van der Waals surface area contributed by atoms with Gasteiger partial charge in [-0.25, -0.2) is 0 Å². The molecular formula is C62H64BN3. The molecule has 0 unspecified atom stereocenters. The summed E-state index contributed by atoms with van der Waals surface area (Å²) in [5.41, 5.74) is 22.6. The maximum Gasteiger partial charge on any atom is 0.252 e. The maximum absolute atomic E-state index is 2.73. The fraction of sp³-hybridized carbons (Fsp3) is 0.323. The molecule has 0 fully saturated rings. The van der Waals surface area contributed by atoms with Crippen LogP contribution in [0.3, 0.4) is 0 Å². The number of anilines is 6. The number of hydrogen-bond donors (Lipinski definition) is 0. The molecule has 0 bridgehead atoms. The summed E-state index contributed by atoms with van der Waals surface area (Å²) in [4.78, 5) is 5.34. The third kappa shape index (κ3) is 5.75. The third-order valence-corrected chi connectivity index (χ3v) is 16.2. The first-order valence-corrected chi connectivity index (χ1v) is 24.5. The van der Waals surface area contributed by atoms with Gasteiger partial charge in [-0.15, -0.1) is 0 Å². The van der Waals surface area contributed by atoms with Gasteiger partial charge in [0.2, 0.25) is 0 Å². The minimum absolute atomic E-state index is 0.0128. The van der Waals surface area contributed by atoms with Crippen molar-refractivity contribution in [1.29, 1.82) is 0 Å². The number of aromatic nitrogens is 1. The summed E-state index contributed by atoms with van der Waals surface area (Å²) in [5, 5.41) is 5.28. The van der Waals surface area contributed by atoms with Crippen LogP contribution in [0, 0.1) is 0 Å². The SMILES string of the molecule is CC(C)(C)c1ccc(N2c3ccc(C(C)(C)C)cc3B3c4cc5c6ccccc6n6c7ccccc7c(c4N(c4ccc7c(c4)C(C)(C)CCC7(C)C)c4cc(C(C)(C)C)cc2c43)c56)cc1. The van der Waals surface area contributed by atoms with Crippen molar-refractivity contribution in [3.8, 4) is 0 Å². The number of nitrogens with zero attached hydrogens (tertiary/aromatic N) is 3. The lowest BCUT2D eigenvalue weighted by molar-refractivity contribution is 0.332. The number of rotatable bonds is 2. The van der Waals surface area contributed by atoms with E-state index in [2.05, 4.69) is 232 Å². The molecule has 2 aromatic heterocycles. The van der Waals surface area contributed by atoms with Gasteiger partial charge in [-0.3, -0.25) is 0 Å². The average molecular weight is 862 g/mol. The van der Waals surface area contributed by atoms with Crippen molar-refractivity contribution in [3.63, 3.8) is 0 Å². The Balaban J connectivity index is 1.28. The molecule has 0 spiro atoms. The fourth-order valence-electron chi connectivity index (χ4n) is 12.3. The van der Waals surface area contributed by atoms with Gasteiger partial charge in [0.05, 0.1) is 22.2 Å². The topological polar surface area (TPSA) is 10.9 Å². The Kier molecular flexibility index (Phi) is 8.37. The first-order valence-electron chi connectivity index (χ1n) is 24.5. The van der Waals surface area contributed by atoms with E-state index < -0.39 is 0 Å². The van der Waals surface area contributed by atoms with Gasteiger partial charge < -0.3 is 14.2 Å². The molecule has 3 aliphatic rings. The fourth-order valence-corrected chi connectivity index (χ4v) is 12.3. The number of fused-ring (bicyclic) bond motifs is 12. The summed E-state index contributed by atoms with van der Waals surface area (Å²) in [6, 6.07) is 50.4. The van der Waals surface area contributed by atoms with E-state index in [1.165, 1.54) is 129 Å². The van der Waals surface area contributed by atoms with Crippen molar-refractivity contribution in [2.45, 2.75) is 130 Å². The lowest BCUT2D eigenvalue weighted by Gasteiger charge is -2.46. The van der Waals surface area contributed by atoms with Gasteiger partial charge in [0.25, 0.3) is 6.71 Å². The summed E-state index contributed by atoms with van der Waals surface area (Å²) in [6.45, 7) is 31.0. The van der Waals surface area contributed by atoms with Crippen LogP contribution >= 0.6 is 0 Å². The van der Waals surface area contributed by atoms with Gasteiger partial charge in [0.1, 0.15) is 0 Å². The second-order valence-corrected chi connectivity index (χ2v) is 24.6. The standard InChI is InChI=1S/C62H64BN3/c1-58(2,3)37-22-25-40(26-23-37)64-51-29-24-38(59(4,5)6)32-47(51)63-48-36-44-42-18-14-16-20-49(42)66-50-21-17-15-19-43(50)54(56(44)66)57(48)65(53-34-39(60(7,8)9)33-52(64)55(53)63)41-27-28-45-46(35-41)62(12,13)31-30-61(45,10)11/h14-29,32-36H,30-31H2,1-13H3. The zero-order valence-corrected chi connectivity index (χ0v) is 41.5. The Hall–Kier alpha value is -6.00. The number of hydrogen-bond acceptors (Lipinski definition) is 2. The monoisotopic (exact) mass is 862 g/mol. The summed E-state index contributed by atoms with van der Waals surface area (Å²) in [5.74, 6) is 0. The van der Waals surface area contributed by atoms with E-state index >= 15 is 0 Å². The van der Waals surface area contributed by atoms with E-state index in [1.807, 2.05) is 0 Å². The largest absolute Gasteiger partial charge is 0.311 e. The number of para-hydroxylation sites is 2. The highest BCUT2D eigenvalue weighted by atomic mass is 15.2. The Morgan fingerprint density at radius 3 is 1.67 bits per heavy atom. The highest BCUT2D eigenvalue weighted by Gasteiger charge is 2.47. The molecule has 0 saturated heterocycles. The lowest BCUT2D eigenvalue weighted by Crippen LogP contribution is -2.61. The smallest absolute Gasteiger partial charge is 0.252 e. The van der Waals surface area contributed by atoms with Crippen molar-refractivity contribution in [2.75, 3.05) is 9.80 Å². The first kappa shape index (κ1) is 41.4. The van der Waals surface area contributed by atoms with Gasteiger partial charge in [-0.05, 0) is 139 Å². The molecule has 0 amide bonds. The highest BCUT2D eigenvalue weighted by molar-refractivity contribution is 7.00. The second-order valence-electron chi connectivity index (χ2n) is 24.6. The summed E-state index contributed by atoms with van der Waals surface area (Å²) in [7, 11) is 0. The molecule has 12 rings (SSSR count). The third-order valence-electron chi connectivity index (χ3n) is 16.2. The zero-order valence-electron chi connectivity index (χ0n) is 41.5. The van der Waals surface area contributed by atoms with Crippen LogP contribution in [0.1, 0.15) is 131 Å². The molecular weight excluding hydrogens is 798 g/mol. The van der Waals surface area contributed by atoms with Crippen LogP contribution < -0.4 is 26.2 Å². The van der Waals surface area contributed by atoms with Gasteiger partial charge >= 0.3 is 0 Å².